The minimum Gasteiger partial charge on any atom is -0.352 e. The van der Waals surface area contributed by atoms with Gasteiger partial charge >= 0.3 is 0 Å². The van der Waals surface area contributed by atoms with Crippen molar-refractivity contribution < 1.29 is 9.18 Å². The second-order valence-corrected chi connectivity index (χ2v) is 5.88. The number of carbonyl (C=O) groups is 1. The summed E-state index contributed by atoms with van der Waals surface area (Å²) in [5.41, 5.74) is 3.37. The molecule has 0 fully saturated rings. The van der Waals surface area contributed by atoms with Crippen molar-refractivity contribution >= 4 is 5.91 Å². The highest BCUT2D eigenvalue weighted by Crippen LogP contribution is 2.10. The highest BCUT2D eigenvalue weighted by molar-refractivity contribution is 5.93. The van der Waals surface area contributed by atoms with Gasteiger partial charge < -0.3 is 5.32 Å². The summed E-state index contributed by atoms with van der Waals surface area (Å²) in [7, 11) is 0. The Balaban J connectivity index is 1.59. The number of pyridine rings is 1. The number of hydrogen-bond acceptors (Lipinski definition) is 3. The lowest BCUT2D eigenvalue weighted by Crippen LogP contribution is -2.25. The second-order valence-electron chi connectivity index (χ2n) is 5.88. The average Bonchev–Trinajstić information content (AvgIpc) is 2.95. The van der Waals surface area contributed by atoms with Gasteiger partial charge in [0.2, 0.25) is 0 Å². The first-order chi connectivity index (χ1) is 12.0. The van der Waals surface area contributed by atoms with Gasteiger partial charge in [0, 0.05) is 18.4 Å². The van der Waals surface area contributed by atoms with Crippen LogP contribution in [0, 0.1) is 19.7 Å². The number of hydrogen-bond donors (Lipinski definition) is 1. The summed E-state index contributed by atoms with van der Waals surface area (Å²) in [5, 5.41) is 7.21. The number of carbonyl (C=O) groups excluding carboxylic acids is 1. The molecule has 1 aromatic carbocycles. The first-order valence-corrected chi connectivity index (χ1v) is 8.05. The maximum atomic E-state index is 12.9. The van der Waals surface area contributed by atoms with Gasteiger partial charge in [0.1, 0.15) is 5.82 Å². The third-order valence-electron chi connectivity index (χ3n) is 3.85. The lowest BCUT2D eigenvalue weighted by Gasteiger charge is -2.07. The van der Waals surface area contributed by atoms with E-state index in [1.807, 2.05) is 19.9 Å². The van der Waals surface area contributed by atoms with Gasteiger partial charge in [-0.1, -0.05) is 12.1 Å². The first kappa shape index (κ1) is 16.8. The van der Waals surface area contributed by atoms with Crippen LogP contribution in [0.2, 0.25) is 0 Å². The van der Waals surface area contributed by atoms with E-state index in [1.165, 1.54) is 12.1 Å². The standard InChI is InChI=1S/C19H19FN4O/c1-13-11-14(2)24(23-13)18-8-5-16(12-22-18)19(25)21-10-9-15-3-6-17(20)7-4-15/h3-8,11-12H,9-10H2,1-2H3,(H,21,25). The predicted octanol–water partition coefficient (Wildman–Crippen LogP) is 3.00. The number of rotatable bonds is 5. The predicted molar refractivity (Wildman–Crippen MR) is 93.3 cm³/mol. The van der Waals surface area contributed by atoms with Crippen molar-refractivity contribution in [2.75, 3.05) is 6.54 Å². The van der Waals surface area contributed by atoms with E-state index in [0.29, 0.717) is 24.3 Å². The first-order valence-electron chi connectivity index (χ1n) is 8.05. The van der Waals surface area contributed by atoms with E-state index >= 15 is 0 Å². The van der Waals surface area contributed by atoms with Crippen molar-refractivity contribution in [3.63, 3.8) is 0 Å². The molecule has 6 heteroatoms. The smallest absolute Gasteiger partial charge is 0.252 e. The van der Waals surface area contributed by atoms with Crippen LogP contribution in [0.15, 0.2) is 48.7 Å². The van der Waals surface area contributed by atoms with Gasteiger partial charge in [0.25, 0.3) is 5.91 Å². The largest absolute Gasteiger partial charge is 0.352 e. The fourth-order valence-electron chi connectivity index (χ4n) is 2.58. The summed E-state index contributed by atoms with van der Waals surface area (Å²) in [4.78, 5) is 16.5. The van der Waals surface area contributed by atoms with Crippen LogP contribution in [0.4, 0.5) is 4.39 Å². The molecular formula is C19H19FN4O. The number of nitrogens with zero attached hydrogens (tertiary/aromatic N) is 3. The van der Waals surface area contributed by atoms with E-state index in [2.05, 4.69) is 15.4 Å². The highest BCUT2D eigenvalue weighted by atomic mass is 19.1. The van der Waals surface area contributed by atoms with Crippen LogP contribution in [0.1, 0.15) is 27.3 Å². The Labute approximate surface area is 145 Å². The molecule has 1 N–H and O–H groups in total. The molecule has 0 saturated heterocycles. The minimum absolute atomic E-state index is 0.186. The maximum Gasteiger partial charge on any atom is 0.252 e. The molecule has 3 aromatic rings. The number of amides is 1. The molecule has 128 valence electrons. The lowest BCUT2D eigenvalue weighted by molar-refractivity contribution is 0.0954. The summed E-state index contributed by atoms with van der Waals surface area (Å²) >= 11 is 0. The van der Waals surface area contributed by atoms with E-state index in [0.717, 1.165) is 17.0 Å². The Morgan fingerprint density at radius 3 is 2.52 bits per heavy atom. The van der Waals surface area contributed by atoms with E-state index in [4.69, 9.17) is 0 Å². The Morgan fingerprint density at radius 1 is 1.16 bits per heavy atom. The lowest BCUT2D eigenvalue weighted by atomic mass is 10.1. The summed E-state index contributed by atoms with van der Waals surface area (Å²) in [6.07, 6.45) is 2.18. The third-order valence-corrected chi connectivity index (χ3v) is 3.85. The zero-order valence-electron chi connectivity index (χ0n) is 14.2. The molecule has 2 heterocycles. The Bertz CT molecular complexity index is 869. The summed E-state index contributed by atoms with van der Waals surface area (Å²) in [6.45, 7) is 4.36. The van der Waals surface area contributed by atoms with Crippen molar-refractivity contribution in [2.45, 2.75) is 20.3 Å². The molecule has 0 bridgehead atoms. The number of benzene rings is 1. The van der Waals surface area contributed by atoms with Crippen LogP contribution < -0.4 is 5.32 Å². The van der Waals surface area contributed by atoms with Gasteiger partial charge in [-0.05, 0) is 56.2 Å². The van der Waals surface area contributed by atoms with Gasteiger partial charge in [0.15, 0.2) is 5.82 Å². The normalized spacial score (nSPS) is 10.7. The molecule has 0 unspecified atom stereocenters. The van der Waals surface area contributed by atoms with Gasteiger partial charge in [-0.3, -0.25) is 4.79 Å². The van der Waals surface area contributed by atoms with Crippen molar-refractivity contribution in [3.05, 3.63) is 77.0 Å². The molecule has 2 aromatic heterocycles. The molecule has 0 radical (unpaired) electrons. The number of aryl methyl sites for hydroxylation is 2. The van der Waals surface area contributed by atoms with Crippen LogP contribution in [-0.2, 0) is 6.42 Å². The van der Waals surface area contributed by atoms with Crippen LogP contribution >= 0.6 is 0 Å². The molecular weight excluding hydrogens is 319 g/mol. The monoisotopic (exact) mass is 338 g/mol. The maximum absolute atomic E-state index is 12.9. The number of halogens is 1. The van der Waals surface area contributed by atoms with Crippen molar-refractivity contribution in [3.8, 4) is 5.82 Å². The van der Waals surface area contributed by atoms with Crippen LogP contribution in [-0.4, -0.2) is 27.2 Å². The van der Waals surface area contributed by atoms with Crippen molar-refractivity contribution in [2.24, 2.45) is 0 Å². The van der Waals surface area contributed by atoms with E-state index < -0.39 is 0 Å². The minimum atomic E-state index is -0.262. The second kappa shape index (κ2) is 7.25. The zero-order valence-corrected chi connectivity index (χ0v) is 14.2. The van der Waals surface area contributed by atoms with Crippen molar-refractivity contribution in [1.29, 1.82) is 0 Å². The highest BCUT2D eigenvalue weighted by Gasteiger charge is 2.08. The molecule has 25 heavy (non-hydrogen) atoms. The Kier molecular flexibility index (Phi) is 4.88. The molecule has 5 nitrogen and oxygen atoms in total. The molecule has 0 aliphatic carbocycles. The molecule has 0 aliphatic heterocycles. The van der Waals surface area contributed by atoms with E-state index in [1.54, 1.807) is 35.1 Å². The van der Waals surface area contributed by atoms with Gasteiger partial charge in [0.05, 0.1) is 11.3 Å². The number of aromatic nitrogens is 3. The number of nitrogens with one attached hydrogen (secondary N) is 1. The molecule has 0 aliphatic rings. The van der Waals surface area contributed by atoms with E-state index in [9.17, 15) is 9.18 Å². The van der Waals surface area contributed by atoms with Crippen LogP contribution in [0.25, 0.3) is 5.82 Å². The van der Waals surface area contributed by atoms with Gasteiger partial charge in [-0.25, -0.2) is 14.1 Å². The summed E-state index contributed by atoms with van der Waals surface area (Å²) < 4.78 is 14.6. The molecule has 0 spiro atoms. The van der Waals surface area contributed by atoms with Gasteiger partial charge in [-0.15, -0.1) is 0 Å². The third kappa shape index (κ3) is 4.09. The molecule has 1 amide bonds. The SMILES string of the molecule is Cc1cc(C)n(-c2ccc(C(=O)NCCc3ccc(F)cc3)cn2)n1. The molecule has 0 atom stereocenters. The quantitative estimate of drug-likeness (QED) is 0.778. The fraction of sp³-hybridized carbons (Fsp3) is 0.211. The Morgan fingerprint density at radius 2 is 1.92 bits per heavy atom. The summed E-state index contributed by atoms with van der Waals surface area (Å²) in [6, 6.07) is 11.7. The van der Waals surface area contributed by atoms with Crippen molar-refractivity contribution in [1.82, 2.24) is 20.1 Å². The fourth-order valence-corrected chi connectivity index (χ4v) is 2.58. The van der Waals surface area contributed by atoms with E-state index in [-0.39, 0.29) is 11.7 Å². The average molecular weight is 338 g/mol. The van der Waals surface area contributed by atoms with Crippen LogP contribution in [0.3, 0.4) is 0 Å². The molecule has 3 rings (SSSR count). The summed E-state index contributed by atoms with van der Waals surface area (Å²) in [5.74, 6) is 0.226. The van der Waals surface area contributed by atoms with Crippen LogP contribution in [0.5, 0.6) is 0 Å². The zero-order chi connectivity index (χ0) is 17.8. The topological polar surface area (TPSA) is 59.8 Å². The Hall–Kier alpha value is -3.02. The van der Waals surface area contributed by atoms with Gasteiger partial charge in [-0.2, -0.15) is 5.10 Å². The molecule has 0 saturated carbocycles.